The second-order valence-corrected chi connectivity index (χ2v) is 4.23. The molecule has 0 heterocycles. The number of para-hydroxylation sites is 1. The second kappa shape index (κ2) is 6.84. The highest BCUT2D eigenvalue weighted by Gasteiger charge is 2.30. The summed E-state index contributed by atoms with van der Waals surface area (Å²) in [6, 6.07) is 14.3. The average Bonchev–Trinajstić information content (AvgIpc) is 2.46. The first-order chi connectivity index (χ1) is 10.4. The van der Waals surface area contributed by atoms with Gasteiger partial charge >= 0.3 is 6.36 Å². The van der Waals surface area contributed by atoms with Gasteiger partial charge in [0, 0.05) is 6.92 Å². The van der Waals surface area contributed by atoms with E-state index in [2.05, 4.69) is 15.3 Å². The summed E-state index contributed by atoms with van der Waals surface area (Å²) in [5.41, 5.74) is 3.19. The summed E-state index contributed by atoms with van der Waals surface area (Å²) in [5.74, 6) is 0.709. The van der Waals surface area contributed by atoms with Crippen molar-refractivity contribution in [3.8, 4) is 11.5 Å². The van der Waals surface area contributed by atoms with Gasteiger partial charge in [-0.05, 0) is 36.4 Å². The van der Waals surface area contributed by atoms with Gasteiger partial charge in [0.2, 0.25) is 5.90 Å². The summed E-state index contributed by atoms with van der Waals surface area (Å²) in [6.07, 6.45) is -4.70. The molecular weight excluding hydrogens is 297 g/mol. The predicted molar refractivity (Wildman–Crippen MR) is 76.9 cm³/mol. The highest BCUT2D eigenvalue weighted by molar-refractivity contribution is 5.76. The quantitative estimate of drug-likeness (QED) is 0.517. The summed E-state index contributed by atoms with van der Waals surface area (Å²) < 4.78 is 45.3. The second-order valence-electron chi connectivity index (χ2n) is 4.23. The van der Waals surface area contributed by atoms with Gasteiger partial charge in [-0.3, -0.25) is 5.43 Å². The molecule has 0 radical (unpaired) electrons. The highest BCUT2D eigenvalue weighted by atomic mass is 19.4. The molecule has 0 fully saturated rings. The molecule has 2 aromatic rings. The molecule has 0 atom stereocenters. The van der Waals surface area contributed by atoms with Crippen LogP contribution in [0.25, 0.3) is 0 Å². The summed E-state index contributed by atoms with van der Waals surface area (Å²) >= 11 is 0. The Morgan fingerprint density at radius 3 is 2.18 bits per heavy atom. The molecule has 0 spiro atoms. The van der Waals surface area contributed by atoms with E-state index in [1.54, 1.807) is 19.1 Å². The van der Waals surface area contributed by atoms with Gasteiger partial charge in [-0.1, -0.05) is 18.2 Å². The number of ether oxygens (including phenoxy) is 2. The van der Waals surface area contributed by atoms with E-state index in [-0.39, 0.29) is 5.75 Å². The monoisotopic (exact) mass is 310 g/mol. The Hall–Kier alpha value is -2.70. The number of hydrogen-bond acceptors (Lipinski definition) is 4. The van der Waals surface area contributed by atoms with Crippen LogP contribution in [0, 0.1) is 0 Å². The van der Waals surface area contributed by atoms with Gasteiger partial charge in [0.1, 0.15) is 11.5 Å². The van der Waals surface area contributed by atoms with Crippen molar-refractivity contribution in [2.75, 3.05) is 5.43 Å². The summed E-state index contributed by atoms with van der Waals surface area (Å²) in [6.45, 7) is 1.65. The molecule has 0 bridgehead atoms. The van der Waals surface area contributed by atoms with Gasteiger partial charge in [-0.2, -0.15) is 0 Å². The van der Waals surface area contributed by atoms with Crippen LogP contribution in [-0.2, 0) is 0 Å². The van der Waals surface area contributed by atoms with Crippen LogP contribution in [0.15, 0.2) is 59.7 Å². The predicted octanol–water partition coefficient (Wildman–Crippen LogP) is 4.41. The fourth-order valence-corrected chi connectivity index (χ4v) is 1.56. The molecule has 1 N–H and O–H groups in total. The Bertz CT molecular complexity index is 625. The lowest BCUT2D eigenvalue weighted by Crippen LogP contribution is -2.17. The molecular formula is C15H13F3N2O2. The van der Waals surface area contributed by atoms with Crippen LogP contribution >= 0.6 is 0 Å². The molecule has 0 aliphatic carbocycles. The van der Waals surface area contributed by atoms with Gasteiger partial charge in [0.15, 0.2) is 0 Å². The molecule has 7 heteroatoms. The average molecular weight is 310 g/mol. The topological polar surface area (TPSA) is 42.9 Å². The van der Waals surface area contributed by atoms with Crippen LogP contribution in [0.2, 0.25) is 0 Å². The van der Waals surface area contributed by atoms with Crippen molar-refractivity contribution in [2.24, 2.45) is 5.10 Å². The van der Waals surface area contributed by atoms with E-state index in [0.717, 1.165) is 0 Å². The van der Waals surface area contributed by atoms with Crippen molar-refractivity contribution >= 4 is 11.6 Å². The minimum absolute atomic E-state index is 0.292. The normalized spacial score (nSPS) is 11.9. The van der Waals surface area contributed by atoms with Crippen molar-refractivity contribution < 1.29 is 22.6 Å². The molecule has 4 nitrogen and oxygen atoms in total. The van der Waals surface area contributed by atoms with Crippen LogP contribution in [0.3, 0.4) is 0 Å². The Morgan fingerprint density at radius 1 is 0.955 bits per heavy atom. The van der Waals surface area contributed by atoms with Crippen molar-refractivity contribution in [2.45, 2.75) is 13.3 Å². The molecule has 0 aliphatic heterocycles. The maximum absolute atomic E-state index is 12.0. The molecule has 0 unspecified atom stereocenters. The van der Waals surface area contributed by atoms with E-state index in [0.29, 0.717) is 17.3 Å². The molecule has 0 aliphatic rings. The van der Waals surface area contributed by atoms with Gasteiger partial charge in [-0.15, -0.1) is 18.3 Å². The summed E-state index contributed by atoms with van der Waals surface area (Å²) in [5, 5.41) is 3.98. The lowest BCUT2D eigenvalue weighted by Gasteiger charge is -2.09. The standard InChI is InChI=1S/C15H13F3N2O2/c1-11(21-13-5-3-2-4-6-13)19-20-12-7-9-14(10-8-12)22-15(16,17)18/h2-10,20H,1H3. The number of rotatable bonds is 4. The Labute approximate surface area is 125 Å². The first kappa shape index (κ1) is 15.7. The van der Waals surface area contributed by atoms with Crippen LogP contribution in [-0.4, -0.2) is 12.3 Å². The molecule has 2 aromatic carbocycles. The summed E-state index contributed by atoms with van der Waals surface area (Å²) in [7, 11) is 0. The fraction of sp³-hybridized carbons (Fsp3) is 0.133. The van der Waals surface area contributed by atoms with Crippen molar-refractivity contribution in [1.82, 2.24) is 0 Å². The third kappa shape index (κ3) is 5.35. The molecule has 2 rings (SSSR count). The number of nitrogens with one attached hydrogen (secondary N) is 1. The smallest absolute Gasteiger partial charge is 0.442 e. The van der Waals surface area contributed by atoms with E-state index in [4.69, 9.17) is 4.74 Å². The van der Waals surface area contributed by atoms with E-state index < -0.39 is 6.36 Å². The number of anilines is 1. The number of benzene rings is 2. The third-order valence-corrected chi connectivity index (χ3v) is 2.44. The fourth-order valence-electron chi connectivity index (χ4n) is 1.56. The van der Waals surface area contributed by atoms with Crippen LogP contribution < -0.4 is 14.9 Å². The highest BCUT2D eigenvalue weighted by Crippen LogP contribution is 2.23. The van der Waals surface area contributed by atoms with E-state index in [9.17, 15) is 13.2 Å². The molecule has 0 saturated carbocycles. The molecule has 0 amide bonds. The lowest BCUT2D eigenvalue weighted by atomic mass is 10.3. The molecule has 0 saturated heterocycles. The van der Waals surface area contributed by atoms with Crippen LogP contribution in [0.4, 0.5) is 18.9 Å². The zero-order chi connectivity index (χ0) is 16.0. The van der Waals surface area contributed by atoms with E-state index in [1.807, 2.05) is 18.2 Å². The van der Waals surface area contributed by atoms with Crippen LogP contribution in [0.5, 0.6) is 11.5 Å². The van der Waals surface area contributed by atoms with Gasteiger partial charge in [0.05, 0.1) is 5.69 Å². The van der Waals surface area contributed by atoms with E-state index in [1.165, 1.54) is 24.3 Å². The lowest BCUT2D eigenvalue weighted by molar-refractivity contribution is -0.274. The first-order valence-corrected chi connectivity index (χ1v) is 6.31. The molecule has 0 aromatic heterocycles. The first-order valence-electron chi connectivity index (χ1n) is 6.31. The van der Waals surface area contributed by atoms with Crippen molar-refractivity contribution in [3.63, 3.8) is 0 Å². The number of alkyl halides is 3. The van der Waals surface area contributed by atoms with Crippen molar-refractivity contribution in [3.05, 3.63) is 54.6 Å². The number of hydrogen-bond donors (Lipinski definition) is 1. The zero-order valence-corrected chi connectivity index (χ0v) is 11.6. The maximum Gasteiger partial charge on any atom is 0.573 e. The van der Waals surface area contributed by atoms with Crippen molar-refractivity contribution in [1.29, 1.82) is 0 Å². The third-order valence-electron chi connectivity index (χ3n) is 2.44. The minimum atomic E-state index is -4.70. The zero-order valence-electron chi connectivity index (χ0n) is 11.6. The van der Waals surface area contributed by atoms with Gasteiger partial charge < -0.3 is 9.47 Å². The summed E-state index contributed by atoms with van der Waals surface area (Å²) in [4.78, 5) is 0. The Balaban J connectivity index is 1.92. The SMILES string of the molecule is CC(=NNc1ccc(OC(F)(F)F)cc1)Oc1ccccc1. The number of halogens is 3. The maximum atomic E-state index is 12.0. The largest absolute Gasteiger partial charge is 0.573 e. The molecule has 116 valence electrons. The number of nitrogens with zero attached hydrogens (tertiary/aromatic N) is 1. The van der Waals surface area contributed by atoms with Gasteiger partial charge in [-0.25, -0.2) is 0 Å². The van der Waals surface area contributed by atoms with Crippen LogP contribution in [0.1, 0.15) is 6.92 Å². The minimum Gasteiger partial charge on any atom is -0.442 e. The van der Waals surface area contributed by atoms with Gasteiger partial charge in [0.25, 0.3) is 0 Å². The Morgan fingerprint density at radius 2 is 1.59 bits per heavy atom. The Kier molecular flexibility index (Phi) is 4.88. The number of hydrazone groups is 1. The molecule has 22 heavy (non-hydrogen) atoms. The van der Waals surface area contributed by atoms with E-state index >= 15 is 0 Å².